The molecule has 3 heteroatoms. The number of methoxy groups -OCH3 is 1. The Morgan fingerprint density at radius 1 is 1.24 bits per heavy atom. The number of rotatable bonds is 5. The van der Waals surface area contributed by atoms with Crippen LogP contribution < -0.4 is 10.1 Å². The second-order valence-corrected chi connectivity index (χ2v) is 7.08. The van der Waals surface area contributed by atoms with Crippen molar-refractivity contribution in [2.24, 2.45) is 5.92 Å². The molecule has 1 saturated heterocycles. The molecule has 0 spiro atoms. The van der Waals surface area contributed by atoms with Crippen LogP contribution >= 0.6 is 0 Å². The fourth-order valence-corrected chi connectivity index (χ4v) is 3.65. The van der Waals surface area contributed by atoms with E-state index < -0.39 is 0 Å². The number of hydrogen-bond acceptors (Lipinski definition) is 3. The highest BCUT2D eigenvalue weighted by atomic mass is 16.5. The first-order valence-electron chi connectivity index (χ1n) is 7.86. The molecule has 2 unspecified atom stereocenters. The fraction of sp³-hybridized carbons (Fsp3) is 0.667. The van der Waals surface area contributed by atoms with Crippen molar-refractivity contribution in [2.75, 3.05) is 13.7 Å². The minimum Gasteiger partial charge on any atom is -0.497 e. The van der Waals surface area contributed by atoms with E-state index in [0.717, 1.165) is 18.7 Å². The van der Waals surface area contributed by atoms with Crippen LogP contribution in [0.3, 0.4) is 0 Å². The maximum atomic E-state index is 6.28. The summed E-state index contributed by atoms with van der Waals surface area (Å²) in [7, 11) is 1.70. The van der Waals surface area contributed by atoms with E-state index >= 15 is 0 Å². The predicted molar refractivity (Wildman–Crippen MR) is 86.8 cm³/mol. The highest BCUT2D eigenvalue weighted by molar-refractivity contribution is 5.30. The number of nitrogens with one attached hydrogen (secondary N) is 1. The first-order chi connectivity index (χ1) is 9.79. The summed E-state index contributed by atoms with van der Waals surface area (Å²) in [5, 5.41) is 3.65. The molecule has 1 aliphatic heterocycles. The molecular weight excluding hydrogens is 262 g/mol. The Morgan fingerprint density at radius 2 is 1.86 bits per heavy atom. The van der Waals surface area contributed by atoms with E-state index in [1.165, 1.54) is 5.56 Å². The van der Waals surface area contributed by atoms with E-state index in [0.29, 0.717) is 12.0 Å². The lowest BCUT2D eigenvalue weighted by Gasteiger charge is -2.33. The standard InChI is InChI=1S/C18H29NO2/c1-7-19-16(13-8-10-14(20-6)11-9-13)15-12-17(2,3)21-18(15,4)5/h8-11,15-16,19H,7,12H2,1-6H3. The maximum absolute atomic E-state index is 6.28. The van der Waals surface area contributed by atoms with E-state index in [2.05, 4.69) is 52.1 Å². The third kappa shape index (κ3) is 3.58. The van der Waals surface area contributed by atoms with Crippen molar-refractivity contribution in [3.8, 4) is 5.75 Å². The lowest BCUT2D eigenvalue weighted by Crippen LogP contribution is -2.38. The second kappa shape index (κ2) is 5.98. The molecule has 2 atom stereocenters. The van der Waals surface area contributed by atoms with Gasteiger partial charge in [0.15, 0.2) is 0 Å². The molecule has 0 radical (unpaired) electrons. The summed E-state index contributed by atoms with van der Waals surface area (Å²) in [6, 6.07) is 8.69. The lowest BCUT2D eigenvalue weighted by atomic mass is 9.79. The number of hydrogen-bond donors (Lipinski definition) is 1. The van der Waals surface area contributed by atoms with E-state index in [1.807, 2.05) is 12.1 Å². The molecule has 0 aliphatic carbocycles. The normalized spacial score (nSPS) is 24.8. The lowest BCUT2D eigenvalue weighted by molar-refractivity contribution is -0.0778. The Balaban J connectivity index is 2.29. The van der Waals surface area contributed by atoms with Crippen LogP contribution in [0.25, 0.3) is 0 Å². The Kier molecular flexibility index (Phi) is 4.64. The summed E-state index contributed by atoms with van der Waals surface area (Å²) >= 11 is 0. The Labute approximate surface area is 129 Å². The molecule has 0 saturated carbocycles. The van der Waals surface area contributed by atoms with Crippen LogP contribution in [0.15, 0.2) is 24.3 Å². The fourth-order valence-electron chi connectivity index (χ4n) is 3.65. The third-order valence-corrected chi connectivity index (χ3v) is 4.45. The smallest absolute Gasteiger partial charge is 0.118 e. The van der Waals surface area contributed by atoms with Gasteiger partial charge in [0.05, 0.1) is 18.3 Å². The molecule has 118 valence electrons. The second-order valence-electron chi connectivity index (χ2n) is 7.08. The van der Waals surface area contributed by atoms with Crippen LogP contribution in [0.1, 0.15) is 52.6 Å². The average molecular weight is 291 g/mol. The average Bonchev–Trinajstić information content (AvgIpc) is 2.64. The van der Waals surface area contributed by atoms with Crippen molar-refractivity contribution in [1.29, 1.82) is 0 Å². The molecule has 0 amide bonds. The number of benzene rings is 1. The molecule has 0 bridgehead atoms. The first-order valence-corrected chi connectivity index (χ1v) is 7.86. The minimum atomic E-state index is -0.129. The van der Waals surface area contributed by atoms with Gasteiger partial charge in [-0.3, -0.25) is 0 Å². The molecule has 1 N–H and O–H groups in total. The number of ether oxygens (including phenoxy) is 2. The SMILES string of the molecule is CCNC(c1ccc(OC)cc1)C1CC(C)(C)OC1(C)C. The zero-order valence-corrected chi connectivity index (χ0v) is 14.2. The predicted octanol–water partition coefficient (Wildman–Crippen LogP) is 3.94. The van der Waals surface area contributed by atoms with Crippen molar-refractivity contribution in [3.63, 3.8) is 0 Å². The van der Waals surface area contributed by atoms with Crippen molar-refractivity contribution >= 4 is 0 Å². The monoisotopic (exact) mass is 291 g/mol. The summed E-state index contributed by atoms with van der Waals surface area (Å²) in [6.45, 7) is 11.9. The van der Waals surface area contributed by atoms with Gasteiger partial charge in [-0.25, -0.2) is 0 Å². The van der Waals surface area contributed by atoms with Gasteiger partial charge in [-0.15, -0.1) is 0 Å². The Bertz CT molecular complexity index is 465. The van der Waals surface area contributed by atoms with Gasteiger partial charge in [0.1, 0.15) is 5.75 Å². The molecule has 3 nitrogen and oxygen atoms in total. The highest BCUT2D eigenvalue weighted by Gasteiger charge is 2.49. The topological polar surface area (TPSA) is 30.5 Å². The molecule has 1 aliphatic rings. The van der Waals surface area contributed by atoms with Gasteiger partial charge in [0.25, 0.3) is 0 Å². The Hall–Kier alpha value is -1.06. The molecule has 1 fully saturated rings. The molecular formula is C18H29NO2. The zero-order valence-electron chi connectivity index (χ0n) is 14.2. The molecule has 2 rings (SSSR count). The molecule has 0 aromatic heterocycles. The van der Waals surface area contributed by atoms with Crippen LogP contribution in [-0.4, -0.2) is 24.9 Å². The van der Waals surface area contributed by atoms with Crippen molar-refractivity contribution < 1.29 is 9.47 Å². The van der Waals surface area contributed by atoms with Gasteiger partial charge in [-0.05, 0) is 58.4 Å². The summed E-state index contributed by atoms with van der Waals surface area (Å²) in [5.74, 6) is 1.34. The summed E-state index contributed by atoms with van der Waals surface area (Å²) < 4.78 is 11.5. The molecule has 21 heavy (non-hydrogen) atoms. The molecule has 1 heterocycles. The summed E-state index contributed by atoms with van der Waals surface area (Å²) in [4.78, 5) is 0. The van der Waals surface area contributed by atoms with E-state index in [1.54, 1.807) is 7.11 Å². The van der Waals surface area contributed by atoms with Crippen LogP contribution in [-0.2, 0) is 4.74 Å². The van der Waals surface area contributed by atoms with E-state index in [4.69, 9.17) is 9.47 Å². The van der Waals surface area contributed by atoms with Gasteiger partial charge in [0, 0.05) is 12.0 Å². The van der Waals surface area contributed by atoms with Gasteiger partial charge in [-0.2, -0.15) is 0 Å². The van der Waals surface area contributed by atoms with Gasteiger partial charge in [-0.1, -0.05) is 19.1 Å². The summed E-state index contributed by atoms with van der Waals surface area (Å²) in [6.07, 6.45) is 1.06. The molecule has 1 aromatic carbocycles. The zero-order chi connectivity index (χ0) is 15.7. The van der Waals surface area contributed by atoms with Crippen molar-refractivity contribution in [1.82, 2.24) is 5.32 Å². The molecule has 1 aromatic rings. The summed E-state index contributed by atoms with van der Waals surface area (Å²) in [5.41, 5.74) is 1.11. The van der Waals surface area contributed by atoms with Crippen LogP contribution in [0, 0.1) is 5.92 Å². The maximum Gasteiger partial charge on any atom is 0.118 e. The van der Waals surface area contributed by atoms with Gasteiger partial charge < -0.3 is 14.8 Å². The highest BCUT2D eigenvalue weighted by Crippen LogP contribution is 2.47. The largest absolute Gasteiger partial charge is 0.497 e. The third-order valence-electron chi connectivity index (χ3n) is 4.45. The van der Waals surface area contributed by atoms with Gasteiger partial charge in [0.2, 0.25) is 0 Å². The quantitative estimate of drug-likeness (QED) is 0.891. The van der Waals surface area contributed by atoms with Crippen LogP contribution in [0.5, 0.6) is 5.75 Å². The Morgan fingerprint density at radius 3 is 2.29 bits per heavy atom. The van der Waals surface area contributed by atoms with Crippen molar-refractivity contribution in [2.45, 2.75) is 58.3 Å². The van der Waals surface area contributed by atoms with Crippen molar-refractivity contribution in [3.05, 3.63) is 29.8 Å². The van der Waals surface area contributed by atoms with Crippen LogP contribution in [0.2, 0.25) is 0 Å². The van der Waals surface area contributed by atoms with E-state index in [9.17, 15) is 0 Å². The van der Waals surface area contributed by atoms with Gasteiger partial charge >= 0.3 is 0 Å². The first kappa shape index (κ1) is 16.3. The minimum absolute atomic E-state index is 0.0612. The van der Waals surface area contributed by atoms with E-state index in [-0.39, 0.29) is 11.2 Å². The van der Waals surface area contributed by atoms with Crippen LogP contribution in [0.4, 0.5) is 0 Å².